The number of rotatable bonds is 7. The first-order chi connectivity index (χ1) is 18.6. The molecule has 1 N–H and O–H groups in total. The van der Waals surface area contributed by atoms with Crippen LogP contribution < -0.4 is 0 Å². The molecule has 0 spiro atoms. The van der Waals surface area contributed by atoms with E-state index in [4.69, 9.17) is 11.6 Å². The highest BCUT2D eigenvalue weighted by molar-refractivity contribution is 7.12. The second-order valence-corrected chi connectivity index (χ2v) is 11.7. The Balaban J connectivity index is 1.83. The van der Waals surface area contributed by atoms with Crippen LogP contribution in [0.4, 0.5) is 5.69 Å². The monoisotopic (exact) mass is 580 g/mol. The van der Waals surface area contributed by atoms with E-state index in [1.807, 2.05) is 0 Å². The number of nitro groups is 1. The SMILES string of the molecule is CC1(C(=O)O)C(c2cccs2)C(C(=O)c2cccc(Cl)c2)C(c2cccc([N+](=O)[O-])c2)N1C(=O)c1cccs1. The molecule has 4 unspecified atom stereocenters. The Morgan fingerprint density at radius 2 is 1.72 bits per heavy atom. The number of non-ortho nitro benzene ring substituents is 1. The highest BCUT2D eigenvalue weighted by Crippen LogP contribution is 2.58. The van der Waals surface area contributed by atoms with Gasteiger partial charge >= 0.3 is 5.97 Å². The van der Waals surface area contributed by atoms with Gasteiger partial charge < -0.3 is 10.0 Å². The van der Waals surface area contributed by atoms with Gasteiger partial charge in [0.15, 0.2) is 5.78 Å². The van der Waals surface area contributed by atoms with Crippen LogP contribution in [0.25, 0.3) is 0 Å². The maximum atomic E-state index is 14.4. The molecule has 1 aliphatic heterocycles. The van der Waals surface area contributed by atoms with Crippen LogP contribution in [0.15, 0.2) is 83.6 Å². The van der Waals surface area contributed by atoms with Crippen molar-refractivity contribution < 1.29 is 24.4 Å². The third-order valence-corrected chi connectivity index (χ3v) is 9.20. The summed E-state index contributed by atoms with van der Waals surface area (Å²) in [6.07, 6.45) is 0. The number of carbonyl (C=O) groups is 3. The van der Waals surface area contributed by atoms with Crippen molar-refractivity contribution in [1.29, 1.82) is 0 Å². The molecule has 2 aromatic heterocycles. The van der Waals surface area contributed by atoms with Crippen molar-refractivity contribution in [3.05, 3.63) is 120 Å². The number of ketones is 1. The second kappa shape index (κ2) is 10.4. The minimum absolute atomic E-state index is 0.235. The van der Waals surface area contributed by atoms with E-state index in [0.717, 1.165) is 11.3 Å². The van der Waals surface area contributed by atoms with Gasteiger partial charge in [0.25, 0.3) is 11.6 Å². The smallest absolute Gasteiger partial charge is 0.330 e. The second-order valence-electron chi connectivity index (χ2n) is 9.30. The zero-order valence-electron chi connectivity index (χ0n) is 20.4. The molecule has 1 saturated heterocycles. The quantitative estimate of drug-likeness (QED) is 0.148. The van der Waals surface area contributed by atoms with E-state index in [1.165, 1.54) is 47.4 Å². The van der Waals surface area contributed by atoms with Gasteiger partial charge in [0, 0.05) is 33.5 Å². The zero-order chi connectivity index (χ0) is 27.9. The van der Waals surface area contributed by atoms with Gasteiger partial charge in [0.1, 0.15) is 5.54 Å². The van der Waals surface area contributed by atoms with Crippen molar-refractivity contribution in [2.45, 2.75) is 24.4 Å². The molecule has 4 aromatic rings. The van der Waals surface area contributed by atoms with Crippen LogP contribution in [0.1, 0.15) is 49.4 Å². The van der Waals surface area contributed by atoms with Gasteiger partial charge in [-0.15, -0.1) is 22.7 Å². The third-order valence-electron chi connectivity index (χ3n) is 7.15. The number of nitro benzene ring substituents is 1. The number of carboxylic acids is 1. The molecule has 0 radical (unpaired) electrons. The van der Waals surface area contributed by atoms with E-state index in [2.05, 4.69) is 0 Å². The molecule has 1 fully saturated rings. The Hall–Kier alpha value is -3.86. The number of hydrogen-bond donors (Lipinski definition) is 1. The first-order valence-electron chi connectivity index (χ1n) is 11.8. The molecule has 1 aliphatic rings. The van der Waals surface area contributed by atoms with E-state index >= 15 is 0 Å². The topological polar surface area (TPSA) is 118 Å². The maximum absolute atomic E-state index is 14.4. The number of benzene rings is 2. The lowest BCUT2D eigenvalue weighted by Gasteiger charge is -2.37. The summed E-state index contributed by atoms with van der Waals surface area (Å²) in [6, 6.07) is 17.7. The summed E-state index contributed by atoms with van der Waals surface area (Å²) in [7, 11) is 0. The van der Waals surface area contributed by atoms with Gasteiger partial charge in [-0.3, -0.25) is 19.7 Å². The summed E-state index contributed by atoms with van der Waals surface area (Å²) in [4.78, 5) is 54.9. The summed E-state index contributed by atoms with van der Waals surface area (Å²) < 4.78 is 0. The molecule has 1 amide bonds. The molecule has 3 heterocycles. The average Bonchev–Trinajstić information content (AvgIpc) is 3.68. The number of Topliss-reactive ketones (excluding diaryl/α,β-unsaturated/α-hetero) is 1. The van der Waals surface area contributed by atoms with Gasteiger partial charge in [-0.1, -0.05) is 48.0 Å². The Labute approximate surface area is 236 Å². The fraction of sp³-hybridized carbons (Fsp3) is 0.179. The summed E-state index contributed by atoms with van der Waals surface area (Å²) in [5.41, 5.74) is -1.56. The van der Waals surface area contributed by atoms with Crippen LogP contribution in [0.5, 0.6) is 0 Å². The number of amides is 1. The van der Waals surface area contributed by atoms with Crippen LogP contribution >= 0.6 is 34.3 Å². The van der Waals surface area contributed by atoms with Crippen molar-refractivity contribution in [2.75, 3.05) is 0 Å². The van der Waals surface area contributed by atoms with Crippen LogP contribution in [-0.4, -0.2) is 38.1 Å². The number of carboxylic acid groups (broad SMARTS) is 1. The fourth-order valence-corrected chi connectivity index (χ4v) is 7.30. The number of likely N-dealkylation sites (tertiary alicyclic amines) is 1. The minimum Gasteiger partial charge on any atom is -0.479 e. The number of nitrogens with zero attached hydrogens (tertiary/aromatic N) is 2. The summed E-state index contributed by atoms with van der Waals surface area (Å²) in [5.74, 6) is -4.33. The lowest BCUT2D eigenvalue weighted by molar-refractivity contribution is -0.385. The molecule has 11 heteroatoms. The number of thiophene rings is 2. The molecule has 8 nitrogen and oxygen atoms in total. The molecule has 198 valence electrons. The van der Waals surface area contributed by atoms with Gasteiger partial charge in [-0.2, -0.15) is 0 Å². The first kappa shape index (κ1) is 26.7. The van der Waals surface area contributed by atoms with Crippen molar-refractivity contribution in [3.8, 4) is 0 Å². The molecule has 5 rings (SSSR count). The largest absolute Gasteiger partial charge is 0.479 e. The van der Waals surface area contributed by atoms with E-state index in [1.54, 1.807) is 59.3 Å². The normalized spacial score (nSPS) is 22.5. The Morgan fingerprint density at radius 1 is 1.00 bits per heavy atom. The molecule has 0 saturated carbocycles. The minimum atomic E-state index is -1.87. The Bertz CT molecular complexity index is 1570. The number of hydrogen-bond acceptors (Lipinski definition) is 7. The van der Waals surface area contributed by atoms with Crippen LogP contribution in [-0.2, 0) is 4.79 Å². The van der Waals surface area contributed by atoms with Crippen molar-refractivity contribution in [2.24, 2.45) is 5.92 Å². The van der Waals surface area contributed by atoms with Gasteiger partial charge in [-0.25, -0.2) is 4.79 Å². The summed E-state index contributed by atoms with van der Waals surface area (Å²) in [6.45, 7) is 1.45. The summed E-state index contributed by atoms with van der Waals surface area (Å²) in [5, 5.41) is 26.2. The van der Waals surface area contributed by atoms with Crippen LogP contribution in [0.3, 0.4) is 0 Å². The van der Waals surface area contributed by atoms with Crippen molar-refractivity contribution >= 4 is 57.6 Å². The third kappa shape index (κ3) is 4.54. The van der Waals surface area contributed by atoms with Gasteiger partial charge in [-0.05, 0) is 47.5 Å². The van der Waals surface area contributed by atoms with Crippen LogP contribution in [0, 0.1) is 16.0 Å². The Morgan fingerprint density at radius 3 is 2.33 bits per heavy atom. The van der Waals surface area contributed by atoms with Gasteiger partial charge in [0.2, 0.25) is 0 Å². The predicted octanol–water partition coefficient (Wildman–Crippen LogP) is 6.69. The molecule has 0 bridgehead atoms. The Kier molecular flexibility index (Phi) is 7.11. The van der Waals surface area contributed by atoms with Gasteiger partial charge in [0.05, 0.1) is 21.8 Å². The van der Waals surface area contributed by atoms with E-state index in [0.29, 0.717) is 20.3 Å². The van der Waals surface area contributed by atoms with Crippen molar-refractivity contribution in [3.63, 3.8) is 0 Å². The molecule has 39 heavy (non-hydrogen) atoms. The van der Waals surface area contributed by atoms with E-state index in [-0.39, 0.29) is 11.3 Å². The molecule has 2 aromatic carbocycles. The van der Waals surface area contributed by atoms with E-state index in [9.17, 15) is 29.6 Å². The molecular formula is C28H21ClN2O6S2. The number of halogens is 1. The molecule has 0 aliphatic carbocycles. The highest BCUT2D eigenvalue weighted by atomic mass is 35.5. The molecule has 4 atom stereocenters. The highest BCUT2D eigenvalue weighted by Gasteiger charge is 2.65. The first-order valence-corrected chi connectivity index (χ1v) is 14.0. The average molecular weight is 581 g/mol. The lowest BCUT2D eigenvalue weighted by atomic mass is 9.74. The maximum Gasteiger partial charge on any atom is 0.330 e. The zero-order valence-corrected chi connectivity index (χ0v) is 22.8. The number of aliphatic carboxylic acids is 1. The van der Waals surface area contributed by atoms with Crippen molar-refractivity contribution in [1.82, 2.24) is 4.90 Å². The lowest BCUT2D eigenvalue weighted by Crippen LogP contribution is -2.54. The summed E-state index contributed by atoms with van der Waals surface area (Å²) >= 11 is 8.65. The number of carbonyl (C=O) groups excluding carboxylic acids is 2. The standard InChI is InChI=1S/C28H21ClN2O6S2/c1-28(27(34)35)23(20-10-4-12-38-20)22(25(32)17-7-2-8-18(29)14-17)24(16-6-3-9-19(15-16)31(36)37)30(28)26(33)21-11-5-13-39-21/h2-15,22-24H,1H3,(H,34,35). The van der Waals surface area contributed by atoms with Crippen LogP contribution in [0.2, 0.25) is 5.02 Å². The molecular weight excluding hydrogens is 560 g/mol. The fourth-order valence-electron chi connectivity index (χ4n) is 5.45. The predicted molar refractivity (Wildman–Crippen MR) is 149 cm³/mol. The van der Waals surface area contributed by atoms with E-state index < -0.39 is 46.0 Å².